The Kier molecular flexibility index (Phi) is 4.27. The quantitative estimate of drug-likeness (QED) is 0.905. The second-order valence-corrected chi connectivity index (χ2v) is 7.35. The third kappa shape index (κ3) is 3.18. The van der Waals surface area contributed by atoms with Crippen LogP contribution in [-0.4, -0.2) is 23.0 Å². The first-order valence-electron chi connectivity index (χ1n) is 9.08. The molecule has 2 aliphatic carbocycles. The van der Waals surface area contributed by atoms with E-state index in [1.165, 1.54) is 19.3 Å². The first kappa shape index (κ1) is 15.6. The number of fused-ring (bicyclic) bond motifs is 3. The lowest BCUT2D eigenvalue weighted by atomic mass is 9.67. The molecule has 0 saturated heterocycles. The van der Waals surface area contributed by atoms with Gasteiger partial charge in [0.15, 0.2) is 11.5 Å². The molecule has 2 unspecified atom stereocenters. The molecule has 1 aromatic heterocycles. The maximum atomic E-state index is 12.4. The summed E-state index contributed by atoms with van der Waals surface area (Å²) in [5.41, 5.74) is 7.79. The highest BCUT2D eigenvalue weighted by Crippen LogP contribution is 2.39. The minimum Gasteiger partial charge on any atom is -0.441 e. The van der Waals surface area contributed by atoms with Gasteiger partial charge in [0.05, 0.1) is 0 Å². The van der Waals surface area contributed by atoms with E-state index in [2.05, 4.69) is 10.3 Å². The second kappa shape index (κ2) is 6.55. The highest BCUT2D eigenvalue weighted by atomic mass is 16.3. The summed E-state index contributed by atoms with van der Waals surface area (Å²) in [6, 6.07) is 8.32. The molecule has 0 radical (unpaired) electrons. The molecular formula is C19H25N3O2. The van der Waals surface area contributed by atoms with Crippen molar-refractivity contribution < 1.29 is 9.21 Å². The van der Waals surface area contributed by atoms with Crippen LogP contribution in [0.4, 0.5) is 0 Å². The molecular weight excluding hydrogens is 302 g/mol. The maximum absolute atomic E-state index is 12.4. The average molecular weight is 327 g/mol. The minimum absolute atomic E-state index is 0.106. The van der Waals surface area contributed by atoms with E-state index in [1.807, 2.05) is 24.3 Å². The largest absolute Gasteiger partial charge is 0.441 e. The predicted octanol–water partition coefficient (Wildman–Crippen LogP) is 2.78. The number of aromatic nitrogens is 1. The van der Waals surface area contributed by atoms with Gasteiger partial charge in [-0.25, -0.2) is 4.98 Å². The molecule has 2 saturated carbocycles. The lowest BCUT2D eigenvalue weighted by Gasteiger charge is -2.45. The van der Waals surface area contributed by atoms with Crippen molar-refractivity contribution in [3.8, 4) is 0 Å². The van der Waals surface area contributed by atoms with Crippen LogP contribution in [0.15, 0.2) is 28.7 Å². The molecule has 5 heteroatoms. The molecule has 2 aromatic rings. The van der Waals surface area contributed by atoms with Gasteiger partial charge in [-0.2, -0.15) is 0 Å². The maximum Gasteiger partial charge on any atom is 0.220 e. The molecule has 2 atom stereocenters. The Bertz CT molecular complexity index is 679. The van der Waals surface area contributed by atoms with Crippen LogP contribution in [0.25, 0.3) is 11.1 Å². The van der Waals surface area contributed by atoms with Gasteiger partial charge in [0.1, 0.15) is 5.52 Å². The van der Waals surface area contributed by atoms with Gasteiger partial charge in [0.2, 0.25) is 5.91 Å². The van der Waals surface area contributed by atoms with E-state index in [-0.39, 0.29) is 5.91 Å². The number of hydrogen-bond acceptors (Lipinski definition) is 4. The average Bonchev–Trinajstić information content (AvgIpc) is 2.97. The van der Waals surface area contributed by atoms with Gasteiger partial charge in [-0.05, 0) is 49.7 Å². The van der Waals surface area contributed by atoms with Crippen LogP contribution in [0, 0.1) is 11.8 Å². The number of oxazole rings is 1. The van der Waals surface area contributed by atoms with Crippen LogP contribution in [0.2, 0.25) is 0 Å². The van der Waals surface area contributed by atoms with Gasteiger partial charge in [-0.3, -0.25) is 4.79 Å². The van der Waals surface area contributed by atoms with Crippen LogP contribution in [-0.2, 0) is 11.2 Å². The van der Waals surface area contributed by atoms with Crippen LogP contribution in [0.3, 0.4) is 0 Å². The van der Waals surface area contributed by atoms with E-state index >= 15 is 0 Å². The number of carbonyl (C=O) groups excluding carboxylic acids is 1. The number of benzene rings is 1. The topological polar surface area (TPSA) is 81.1 Å². The molecule has 5 nitrogen and oxygen atoms in total. The van der Waals surface area contributed by atoms with E-state index in [1.54, 1.807) is 0 Å². The molecule has 1 heterocycles. The lowest BCUT2D eigenvalue weighted by Crippen LogP contribution is -2.53. The summed E-state index contributed by atoms with van der Waals surface area (Å²) in [5, 5.41) is 3.28. The predicted molar refractivity (Wildman–Crippen MR) is 92.3 cm³/mol. The second-order valence-electron chi connectivity index (χ2n) is 7.35. The molecule has 2 fully saturated rings. The van der Waals surface area contributed by atoms with E-state index in [9.17, 15) is 4.79 Å². The highest BCUT2D eigenvalue weighted by molar-refractivity contribution is 5.77. The molecule has 4 rings (SSSR count). The normalized spacial score (nSPS) is 29.5. The minimum atomic E-state index is 0.106. The zero-order chi connectivity index (χ0) is 16.5. The lowest BCUT2D eigenvalue weighted by molar-refractivity contribution is -0.123. The number of carbonyl (C=O) groups is 1. The van der Waals surface area contributed by atoms with Crippen molar-refractivity contribution in [2.24, 2.45) is 17.6 Å². The molecule has 24 heavy (non-hydrogen) atoms. The van der Waals surface area contributed by atoms with Crippen molar-refractivity contribution in [1.29, 1.82) is 0 Å². The number of amides is 1. The summed E-state index contributed by atoms with van der Waals surface area (Å²) in [5.74, 6) is 1.85. The van der Waals surface area contributed by atoms with Gasteiger partial charge < -0.3 is 15.5 Å². The molecule has 128 valence electrons. The fourth-order valence-corrected chi connectivity index (χ4v) is 4.53. The number of rotatable bonds is 4. The fourth-order valence-electron chi connectivity index (χ4n) is 4.53. The van der Waals surface area contributed by atoms with E-state index < -0.39 is 0 Å². The highest BCUT2D eigenvalue weighted by Gasteiger charge is 2.39. The van der Waals surface area contributed by atoms with Gasteiger partial charge >= 0.3 is 0 Å². The SMILES string of the molecule is NC1CC2CCCC(C1)C2NC(=O)CCc1nc2ccccc2o1. The van der Waals surface area contributed by atoms with Crippen molar-refractivity contribution in [2.75, 3.05) is 0 Å². The summed E-state index contributed by atoms with van der Waals surface area (Å²) < 4.78 is 5.69. The van der Waals surface area contributed by atoms with Crippen molar-refractivity contribution in [1.82, 2.24) is 10.3 Å². The summed E-state index contributed by atoms with van der Waals surface area (Å²) >= 11 is 0. The third-order valence-corrected chi connectivity index (χ3v) is 5.61. The van der Waals surface area contributed by atoms with Crippen molar-refractivity contribution in [2.45, 2.75) is 57.0 Å². The Morgan fingerprint density at radius 3 is 2.75 bits per heavy atom. The Labute approximate surface area is 142 Å². The van der Waals surface area contributed by atoms with Crippen molar-refractivity contribution in [3.05, 3.63) is 30.2 Å². The summed E-state index contributed by atoms with van der Waals surface area (Å²) in [4.78, 5) is 16.8. The van der Waals surface area contributed by atoms with Crippen molar-refractivity contribution in [3.63, 3.8) is 0 Å². The van der Waals surface area contributed by atoms with E-state index in [0.717, 1.165) is 23.9 Å². The van der Waals surface area contributed by atoms with Crippen LogP contribution < -0.4 is 11.1 Å². The van der Waals surface area contributed by atoms with Crippen LogP contribution >= 0.6 is 0 Å². The van der Waals surface area contributed by atoms with Gasteiger partial charge in [-0.15, -0.1) is 0 Å². The van der Waals surface area contributed by atoms with Gasteiger partial charge in [-0.1, -0.05) is 18.6 Å². The molecule has 1 amide bonds. The molecule has 2 aliphatic rings. The monoisotopic (exact) mass is 327 g/mol. The van der Waals surface area contributed by atoms with E-state index in [4.69, 9.17) is 10.2 Å². The number of hydrogen-bond donors (Lipinski definition) is 2. The fraction of sp³-hybridized carbons (Fsp3) is 0.579. The Morgan fingerprint density at radius 1 is 1.25 bits per heavy atom. The Morgan fingerprint density at radius 2 is 2.00 bits per heavy atom. The Hall–Kier alpha value is -1.88. The Balaban J connectivity index is 1.35. The summed E-state index contributed by atoms with van der Waals surface area (Å²) in [6.07, 6.45) is 6.73. The summed E-state index contributed by atoms with van der Waals surface area (Å²) in [7, 11) is 0. The van der Waals surface area contributed by atoms with Crippen molar-refractivity contribution >= 4 is 17.0 Å². The molecule has 3 N–H and O–H groups in total. The number of nitrogens with one attached hydrogen (secondary N) is 1. The van der Waals surface area contributed by atoms with Gasteiger partial charge in [0.25, 0.3) is 0 Å². The summed E-state index contributed by atoms with van der Waals surface area (Å²) in [6.45, 7) is 0. The van der Waals surface area contributed by atoms with E-state index in [0.29, 0.717) is 42.7 Å². The number of nitrogens with two attached hydrogens (primary N) is 1. The molecule has 1 aromatic carbocycles. The van der Waals surface area contributed by atoms with Crippen LogP contribution in [0.1, 0.15) is 44.4 Å². The smallest absolute Gasteiger partial charge is 0.220 e. The third-order valence-electron chi connectivity index (χ3n) is 5.61. The standard InChI is InChI=1S/C19H25N3O2/c20-14-10-12-4-3-5-13(11-14)19(12)22-17(23)8-9-18-21-15-6-1-2-7-16(15)24-18/h1-2,6-7,12-14,19H,3-5,8-11,20H2,(H,22,23). The number of para-hydroxylation sites is 2. The number of aryl methyl sites for hydroxylation is 1. The molecule has 0 aliphatic heterocycles. The van der Waals surface area contributed by atoms with Crippen LogP contribution in [0.5, 0.6) is 0 Å². The number of nitrogens with zero attached hydrogens (tertiary/aromatic N) is 1. The first-order chi connectivity index (χ1) is 11.7. The molecule has 2 bridgehead atoms. The zero-order valence-corrected chi connectivity index (χ0v) is 13.9. The zero-order valence-electron chi connectivity index (χ0n) is 13.9. The molecule has 0 spiro atoms. The van der Waals surface area contributed by atoms with Gasteiger partial charge in [0, 0.05) is 24.9 Å². The first-order valence-corrected chi connectivity index (χ1v) is 9.08.